The third-order valence-electron chi connectivity index (χ3n) is 5.43. The number of H-pyrrole nitrogens is 1. The van der Waals surface area contributed by atoms with E-state index in [1.807, 2.05) is 18.2 Å². The van der Waals surface area contributed by atoms with Crippen molar-refractivity contribution in [1.29, 1.82) is 0 Å². The number of pyridine rings is 1. The second kappa shape index (κ2) is 8.13. The van der Waals surface area contributed by atoms with E-state index in [1.165, 1.54) is 12.8 Å². The molecule has 1 aliphatic heterocycles. The monoisotopic (exact) mass is 371 g/mol. The van der Waals surface area contributed by atoms with Gasteiger partial charge in [0.2, 0.25) is 5.91 Å². The van der Waals surface area contributed by atoms with Gasteiger partial charge in [-0.2, -0.15) is 0 Å². The van der Waals surface area contributed by atoms with Gasteiger partial charge in [0.15, 0.2) is 0 Å². The molecule has 6 nitrogen and oxygen atoms in total. The number of nitrogens with zero attached hydrogens (tertiary/aromatic N) is 1. The van der Waals surface area contributed by atoms with Crippen LogP contribution < -0.4 is 15.6 Å². The van der Waals surface area contributed by atoms with Crippen molar-refractivity contribution in [2.75, 3.05) is 26.7 Å². The van der Waals surface area contributed by atoms with Crippen LogP contribution in [0.1, 0.15) is 38.7 Å². The van der Waals surface area contributed by atoms with Gasteiger partial charge in [0.05, 0.1) is 12.6 Å². The zero-order valence-corrected chi connectivity index (χ0v) is 16.4. The molecule has 1 saturated heterocycles. The molecular weight excluding hydrogens is 342 g/mol. The van der Waals surface area contributed by atoms with Gasteiger partial charge < -0.3 is 15.0 Å². The molecule has 1 aromatic heterocycles. The van der Waals surface area contributed by atoms with Crippen molar-refractivity contribution in [3.05, 3.63) is 40.2 Å². The first kappa shape index (κ1) is 19.4. The molecule has 27 heavy (non-hydrogen) atoms. The molecular formula is C21H29N3O3. The maximum absolute atomic E-state index is 12.3. The van der Waals surface area contributed by atoms with Crippen LogP contribution >= 0.6 is 0 Å². The molecule has 146 valence electrons. The van der Waals surface area contributed by atoms with Crippen molar-refractivity contribution >= 4 is 16.8 Å². The Labute approximate surface area is 159 Å². The molecule has 2 N–H and O–H groups in total. The Kier molecular flexibility index (Phi) is 5.85. The molecule has 1 aromatic carbocycles. The summed E-state index contributed by atoms with van der Waals surface area (Å²) in [7, 11) is 1.59. The molecule has 6 heteroatoms. The topological polar surface area (TPSA) is 74.4 Å². The Morgan fingerprint density at radius 3 is 2.70 bits per heavy atom. The minimum absolute atomic E-state index is 0.0171. The molecule has 2 heterocycles. The van der Waals surface area contributed by atoms with Gasteiger partial charge in [-0.25, -0.2) is 0 Å². The van der Waals surface area contributed by atoms with Crippen molar-refractivity contribution < 1.29 is 9.53 Å². The Morgan fingerprint density at radius 1 is 1.26 bits per heavy atom. The number of carbonyl (C=O) groups excluding carboxylic acids is 1. The summed E-state index contributed by atoms with van der Waals surface area (Å²) < 4.78 is 5.18. The van der Waals surface area contributed by atoms with Crippen molar-refractivity contribution in [2.45, 2.75) is 45.1 Å². The highest BCUT2D eigenvalue weighted by molar-refractivity contribution is 5.81. The lowest BCUT2D eigenvalue weighted by Crippen LogP contribution is -2.50. The van der Waals surface area contributed by atoms with Gasteiger partial charge in [-0.1, -0.05) is 0 Å². The predicted molar refractivity (Wildman–Crippen MR) is 107 cm³/mol. The summed E-state index contributed by atoms with van der Waals surface area (Å²) in [4.78, 5) is 29.9. The number of rotatable bonds is 7. The Hall–Kier alpha value is -2.34. The minimum atomic E-state index is -0.152. The molecule has 1 amide bonds. The number of hydrogen-bond donors (Lipinski definition) is 2. The molecule has 0 unspecified atom stereocenters. The first-order valence-corrected chi connectivity index (χ1v) is 9.61. The SMILES string of the molecule is COc1ccc2cc(CCC(=O)NCC(C)(C)N3CCCC3)c(=O)[nH]c2c1. The molecule has 0 radical (unpaired) electrons. The molecule has 0 atom stereocenters. The molecule has 0 saturated carbocycles. The summed E-state index contributed by atoms with van der Waals surface area (Å²) >= 11 is 0. The number of benzene rings is 1. The second-order valence-electron chi connectivity index (χ2n) is 7.86. The van der Waals surface area contributed by atoms with Gasteiger partial charge in [-0.05, 0) is 69.8 Å². The molecule has 0 bridgehead atoms. The van der Waals surface area contributed by atoms with Crippen LogP contribution in [0.3, 0.4) is 0 Å². The van der Waals surface area contributed by atoms with Crippen LogP contribution in [0.5, 0.6) is 5.75 Å². The van der Waals surface area contributed by atoms with Crippen LogP contribution in [-0.2, 0) is 11.2 Å². The Bertz CT molecular complexity index is 867. The number of amides is 1. The number of aryl methyl sites for hydroxylation is 1. The molecule has 2 aromatic rings. The average Bonchev–Trinajstić information content (AvgIpc) is 3.20. The highest BCUT2D eigenvalue weighted by Crippen LogP contribution is 2.20. The van der Waals surface area contributed by atoms with E-state index in [0.29, 0.717) is 30.7 Å². The zero-order chi connectivity index (χ0) is 19.4. The van der Waals surface area contributed by atoms with E-state index in [1.54, 1.807) is 13.2 Å². The number of hydrogen-bond acceptors (Lipinski definition) is 4. The van der Waals surface area contributed by atoms with E-state index in [4.69, 9.17) is 4.74 Å². The number of carbonyl (C=O) groups is 1. The van der Waals surface area contributed by atoms with E-state index < -0.39 is 0 Å². The Morgan fingerprint density at radius 2 is 2.00 bits per heavy atom. The van der Waals surface area contributed by atoms with E-state index in [2.05, 4.69) is 29.0 Å². The van der Waals surface area contributed by atoms with Crippen molar-refractivity contribution in [2.24, 2.45) is 0 Å². The van der Waals surface area contributed by atoms with E-state index in [9.17, 15) is 9.59 Å². The van der Waals surface area contributed by atoms with Crippen LogP contribution in [0.15, 0.2) is 29.1 Å². The summed E-state index contributed by atoms with van der Waals surface area (Å²) in [6, 6.07) is 7.42. The summed E-state index contributed by atoms with van der Waals surface area (Å²) in [6.07, 6.45) is 3.19. The fourth-order valence-corrected chi connectivity index (χ4v) is 3.62. The van der Waals surface area contributed by atoms with Crippen LogP contribution in [0.25, 0.3) is 10.9 Å². The fourth-order valence-electron chi connectivity index (χ4n) is 3.62. The lowest BCUT2D eigenvalue weighted by atomic mass is 10.0. The van der Waals surface area contributed by atoms with Gasteiger partial charge in [-0.3, -0.25) is 14.5 Å². The summed E-state index contributed by atoms with van der Waals surface area (Å²) in [5.74, 6) is 0.683. The van der Waals surface area contributed by atoms with Gasteiger partial charge in [0.25, 0.3) is 5.56 Å². The molecule has 1 fully saturated rings. The fraction of sp³-hybridized carbons (Fsp3) is 0.524. The first-order chi connectivity index (χ1) is 12.9. The third kappa shape index (κ3) is 4.69. The second-order valence-corrected chi connectivity index (χ2v) is 7.86. The molecule has 3 rings (SSSR count). The van der Waals surface area contributed by atoms with E-state index >= 15 is 0 Å². The quantitative estimate of drug-likeness (QED) is 0.784. The number of fused-ring (bicyclic) bond motifs is 1. The number of aromatic amines is 1. The highest BCUT2D eigenvalue weighted by atomic mass is 16.5. The van der Waals surface area contributed by atoms with E-state index in [0.717, 1.165) is 24.0 Å². The summed E-state index contributed by atoms with van der Waals surface area (Å²) in [5, 5.41) is 3.96. The Balaban J connectivity index is 1.58. The third-order valence-corrected chi connectivity index (χ3v) is 5.43. The molecule has 0 aliphatic carbocycles. The highest BCUT2D eigenvalue weighted by Gasteiger charge is 2.29. The van der Waals surface area contributed by atoms with E-state index in [-0.39, 0.29) is 17.0 Å². The van der Waals surface area contributed by atoms with Crippen LogP contribution in [0, 0.1) is 0 Å². The molecule has 1 aliphatic rings. The summed E-state index contributed by atoms with van der Waals surface area (Å²) in [6.45, 7) is 7.15. The van der Waals surface area contributed by atoms with Crippen LogP contribution in [0.4, 0.5) is 0 Å². The maximum atomic E-state index is 12.3. The predicted octanol–water partition coefficient (Wildman–Crippen LogP) is 2.46. The first-order valence-electron chi connectivity index (χ1n) is 9.61. The van der Waals surface area contributed by atoms with Crippen molar-refractivity contribution in [3.8, 4) is 5.75 Å². The zero-order valence-electron chi connectivity index (χ0n) is 16.4. The van der Waals surface area contributed by atoms with Gasteiger partial charge in [0, 0.05) is 30.1 Å². The number of aromatic nitrogens is 1. The minimum Gasteiger partial charge on any atom is -0.497 e. The van der Waals surface area contributed by atoms with Crippen molar-refractivity contribution in [3.63, 3.8) is 0 Å². The van der Waals surface area contributed by atoms with Crippen LogP contribution in [0.2, 0.25) is 0 Å². The lowest BCUT2D eigenvalue weighted by molar-refractivity contribution is -0.121. The van der Waals surface area contributed by atoms with Crippen LogP contribution in [-0.4, -0.2) is 48.1 Å². The smallest absolute Gasteiger partial charge is 0.251 e. The average molecular weight is 371 g/mol. The normalized spacial score (nSPS) is 15.2. The van der Waals surface area contributed by atoms with Crippen molar-refractivity contribution in [1.82, 2.24) is 15.2 Å². The molecule has 0 spiro atoms. The van der Waals surface area contributed by atoms with Gasteiger partial charge >= 0.3 is 0 Å². The number of nitrogens with one attached hydrogen (secondary N) is 2. The summed E-state index contributed by atoms with van der Waals surface area (Å²) in [5.41, 5.74) is 1.17. The standard InChI is InChI=1S/C21H29N3O3/c1-21(2,24-10-4-5-11-24)14-22-19(25)9-7-16-12-15-6-8-17(27-3)13-18(15)23-20(16)26/h6,8,12-13H,4-5,7,9-11,14H2,1-3H3,(H,22,25)(H,23,26). The number of likely N-dealkylation sites (tertiary alicyclic amines) is 1. The largest absolute Gasteiger partial charge is 0.497 e. The maximum Gasteiger partial charge on any atom is 0.251 e. The number of methoxy groups -OCH3 is 1. The van der Waals surface area contributed by atoms with Gasteiger partial charge in [-0.15, -0.1) is 0 Å². The lowest BCUT2D eigenvalue weighted by Gasteiger charge is -2.35. The van der Waals surface area contributed by atoms with Gasteiger partial charge in [0.1, 0.15) is 5.75 Å². The number of ether oxygens (including phenoxy) is 1.